The molecule has 0 aliphatic carbocycles. The molecule has 0 spiro atoms. The zero-order chi connectivity index (χ0) is 18.0. The SMILES string of the molecule is O=C(OCc1cc2ccccc2nc1Cl)c1ccc(Cl)c([N+](=O)[O-])c1. The number of rotatable bonds is 4. The fourth-order valence-corrected chi connectivity index (χ4v) is 2.63. The number of aromatic nitrogens is 1. The molecule has 0 atom stereocenters. The molecular weight excluding hydrogens is 367 g/mol. The molecule has 8 heteroatoms. The van der Waals surface area contributed by atoms with E-state index in [1.165, 1.54) is 12.1 Å². The number of esters is 1. The van der Waals surface area contributed by atoms with Gasteiger partial charge in [0.15, 0.2) is 0 Å². The van der Waals surface area contributed by atoms with E-state index < -0.39 is 10.9 Å². The first-order valence-electron chi connectivity index (χ1n) is 7.11. The zero-order valence-corrected chi connectivity index (χ0v) is 14.1. The van der Waals surface area contributed by atoms with Crippen molar-refractivity contribution < 1.29 is 14.5 Å². The number of hydrogen-bond acceptors (Lipinski definition) is 5. The molecule has 1 heterocycles. The van der Waals surface area contributed by atoms with E-state index in [9.17, 15) is 14.9 Å². The van der Waals surface area contributed by atoms with Crippen molar-refractivity contribution in [2.45, 2.75) is 6.61 Å². The molecule has 3 rings (SSSR count). The smallest absolute Gasteiger partial charge is 0.338 e. The molecule has 0 saturated carbocycles. The minimum Gasteiger partial charge on any atom is -0.457 e. The molecule has 1 aromatic heterocycles. The van der Waals surface area contributed by atoms with E-state index in [-0.39, 0.29) is 28.0 Å². The average Bonchev–Trinajstić information content (AvgIpc) is 2.59. The van der Waals surface area contributed by atoms with Crippen molar-refractivity contribution in [3.63, 3.8) is 0 Å². The Morgan fingerprint density at radius 1 is 1.16 bits per heavy atom. The maximum atomic E-state index is 12.1. The molecule has 3 aromatic rings. The minimum atomic E-state index is -0.719. The number of hydrogen-bond donors (Lipinski definition) is 0. The Balaban J connectivity index is 1.80. The van der Waals surface area contributed by atoms with Gasteiger partial charge in [0.1, 0.15) is 16.8 Å². The van der Waals surface area contributed by atoms with Crippen LogP contribution in [0.25, 0.3) is 10.9 Å². The first kappa shape index (κ1) is 17.1. The van der Waals surface area contributed by atoms with Crippen LogP contribution in [0.4, 0.5) is 5.69 Å². The van der Waals surface area contributed by atoms with Crippen LogP contribution in [-0.4, -0.2) is 15.9 Å². The van der Waals surface area contributed by atoms with E-state index in [1.54, 1.807) is 6.07 Å². The van der Waals surface area contributed by atoms with Crippen molar-refractivity contribution >= 4 is 45.8 Å². The van der Waals surface area contributed by atoms with Crippen LogP contribution >= 0.6 is 23.2 Å². The molecule has 0 bridgehead atoms. The molecule has 0 fully saturated rings. The number of nitro groups is 1. The fourth-order valence-electron chi connectivity index (χ4n) is 2.24. The lowest BCUT2D eigenvalue weighted by Crippen LogP contribution is -2.06. The number of carbonyl (C=O) groups excluding carboxylic acids is 1. The lowest BCUT2D eigenvalue weighted by molar-refractivity contribution is -0.384. The van der Waals surface area contributed by atoms with Crippen molar-refractivity contribution in [2.75, 3.05) is 0 Å². The van der Waals surface area contributed by atoms with Crippen LogP contribution in [0.15, 0.2) is 48.5 Å². The van der Waals surface area contributed by atoms with Gasteiger partial charge in [-0.25, -0.2) is 9.78 Å². The second-order valence-electron chi connectivity index (χ2n) is 5.13. The monoisotopic (exact) mass is 376 g/mol. The number of fused-ring (bicyclic) bond motifs is 1. The van der Waals surface area contributed by atoms with E-state index in [4.69, 9.17) is 27.9 Å². The lowest BCUT2D eigenvalue weighted by atomic mass is 10.1. The highest BCUT2D eigenvalue weighted by Crippen LogP contribution is 2.26. The van der Waals surface area contributed by atoms with E-state index in [0.717, 1.165) is 17.0 Å². The van der Waals surface area contributed by atoms with Crippen LogP contribution < -0.4 is 0 Å². The fraction of sp³-hybridized carbons (Fsp3) is 0.0588. The number of nitrogens with zero attached hydrogens (tertiary/aromatic N) is 2. The van der Waals surface area contributed by atoms with Gasteiger partial charge < -0.3 is 4.74 Å². The summed E-state index contributed by atoms with van der Waals surface area (Å²) in [5.74, 6) is -0.719. The summed E-state index contributed by atoms with van der Waals surface area (Å²) in [6.45, 7) is -0.105. The summed E-state index contributed by atoms with van der Waals surface area (Å²) in [5.41, 5.74) is 0.940. The summed E-state index contributed by atoms with van der Waals surface area (Å²) in [6.07, 6.45) is 0. The highest BCUT2D eigenvalue weighted by molar-refractivity contribution is 6.32. The molecule has 0 aliphatic heterocycles. The third kappa shape index (κ3) is 3.70. The van der Waals surface area contributed by atoms with Crippen LogP contribution in [0.3, 0.4) is 0 Å². The molecule has 0 saturated heterocycles. The maximum absolute atomic E-state index is 12.1. The van der Waals surface area contributed by atoms with Gasteiger partial charge in [-0.3, -0.25) is 10.1 Å². The predicted molar refractivity (Wildman–Crippen MR) is 94.0 cm³/mol. The third-order valence-corrected chi connectivity index (χ3v) is 4.13. The number of pyridine rings is 1. The summed E-state index contributed by atoms with van der Waals surface area (Å²) in [4.78, 5) is 26.6. The Morgan fingerprint density at radius 3 is 2.68 bits per heavy atom. The van der Waals surface area contributed by atoms with Crippen LogP contribution in [0.5, 0.6) is 0 Å². The van der Waals surface area contributed by atoms with Gasteiger partial charge >= 0.3 is 5.97 Å². The average molecular weight is 377 g/mol. The summed E-state index contributed by atoms with van der Waals surface area (Å²) < 4.78 is 5.19. The van der Waals surface area contributed by atoms with E-state index in [1.807, 2.05) is 24.3 Å². The molecule has 0 radical (unpaired) electrons. The summed E-state index contributed by atoms with van der Waals surface area (Å²) >= 11 is 11.8. The van der Waals surface area contributed by atoms with Crippen LogP contribution in [0.1, 0.15) is 15.9 Å². The van der Waals surface area contributed by atoms with E-state index in [2.05, 4.69) is 4.98 Å². The molecule has 2 aromatic carbocycles. The van der Waals surface area contributed by atoms with Gasteiger partial charge in [0.05, 0.1) is 16.0 Å². The van der Waals surface area contributed by atoms with Crippen molar-refractivity contribution in [1.29, 1.82) is 0 Å². The predicted octanol–water partition coefficient (Wildman–Crippen LogP) is 4.81. The number of benzene rings is 2. The minimum absolute atomic E-state index is 0.0287. The highest BCUT2D eigenvalue weighted by Gasteiger charge is 2.17. The Hall–Kier alpha value is -2.70. The van der Waals surface area contributed by atoms with Crippen LogP contribution in [0.2, 0.25) is 10.2 Å². The Kier molecular flexibility index (Phi) is 4.83. The Labute approximate surface area is 152 Å². The standard InChI is InChI=1S/C17H10Cl2N2O4/c18-13-6-5-11(8-15(13)21(23)24)17(22)25-9-12-7-10-3-1-2-4-14(10)20-16(12)19/h1-8H,9H2. The van der Waals surface area contributed by atoms with Crippen molar-refractivity contribution in [2.24, 2.45) is 0 Å². The highest BCUT2D eigenvalue weighted by atomic mass is 35.5. The van der Waals surface area contributed by atoms with Gasteiger partial charge in [-0.2, -0.15) is 0 Å². The molecule has 0 unspecified atom stereocenters. The maximum Gasteiger partial charge on any atom is 0.338 e. The topological polar surface area (TPSA) is 82.3 Å². The Morgan fingerprint density at radius 2 is 1.92 bits per heavy atom. The number of ether oxygens (including phenoxy) is 1. The second-order valence-corrected chi connectivity index (χ2v) is 5.90. The molecule has 25 heavy (non-hydrogen) atoms. The molecule has 0 aliphatic rings. The normalized spacial score (nSPS) is 10.6. The van der Waals surface area contributed by atoms with Gasteiger partial charge in [-0.1, -0.05) is 41.4 Å². The summed E-state index contributed by atoms with van der Waals surface area (Å²) in [5, 5.41) is 11.9. The van der Waals surface area contributed by atoms with Gasteiger partial charge in [0.25, 0.3) is 5.69 Å². The largest absolute Gasteiger partial charge is 0.457 e. The molecule has 6 nitrogen and oxygen atoms in total. The zero-order valence-electron chi connectivity index (χ0n) is 12.6. The van der Waals surface area contributed by atoms with Gasteiger partial charge in [-0.05, 0) is 24.3 Å². The van der Waals surface area contributed by atoms with Crippen LogP contribution in [-0.2, 0) is 11.3 Å². The van der Waals surface area contributed by atoms with Crippen molar-refractivity contribution in [1.82, 2.24) is 4.98 Å². The first-order valence-corrected chi connectivity index (χ1v) is 7.86. The Bertz CT molecular complexity index is 992. The van der Waals surface area contributed by atoms with Gasteiger partial charge in [0, 0.05) is 17.0 Å². The number of nitro benzene ring substituents is 1. The molecular formula is C17H10Cl2N2O4. The number of halogens is 2. The van der Waals surface area contributed by atoms with E-state index in [0.29, 0.717) is 5.56 Å². The van der Waals surface area contributed by atoms with E-state index >= 15 is 0 Å². The third-order valence-electron chi connectivity index (χ3n) is 3.49. The van der Waals surface area contributed by atoms with Gasteiger partial charge in [0.2, 0.25) is 0 Å². The quantitative estimate of drug-likeness (QED) is 0.282. The molecule has 0 amide bonds. The van der Waals surface area contributed by atoms with Crippen molar-refractivity contribution in [3.8, 4) is 0 Å². The summed E-state index contributed by atoms with van der Waals surface area (Å²) in [6, 6.07) is 12.9. The van der Waals surface area contributed by atoms with Crippen LogP contribution in [0, 0.1) is 10.1 Å². The molecule has 0 N–H and O–H groups in total. The first-order chi connectivity index (χ1) is 12.0. The second kappa shape index (κ2) is 7.04. The lowest BCUT2D eigenvalue weighted by Gasteiger charge is -2.08. The summed E-state index contributed by atoms with van der Waals surface area (Å²) in [7, 11) is 0. The number of para-hydroxylation sites is 1. The number of carbonyl (C=O) groups is 1. The molecule has 126 valence electrons. The van der Waals surface area contributed by atoms with Gasteiger partial charge in [-0.15, -0.1) is 0 Å². The van der Waals surface area contributed by atoms with Crippen molar-refractivity contribution in [3.05, 3.63) is 79.9 Å².